The first-order chi connectivity index (χ1) is 11.9. The highest BCUT2D eigenvalue weighted by atomic mass is 14.2. The van der Waals surface area contributed by atoms with Crippen molar-refractivity contribution in [1.29, 1.82) is 0 Å². The Hall–Kier alpha value is -2.34. The van der Waals surface area contributed by atoms with Crippen LogP contribution < -0.4 is 0 Å². The molecule has 0 unspecified atom stereocenters. The molecule has 0 aliphatic heterocycles. The van der Waals surface area contributed by atoms with Gasteiger partial charge in [0, 0.05) is 0 Å². The average molecular weight is 312 g/mol. The lowest BCUT2D eigenvalue weighted by atomic mass is 9.82. The number of hydrogen-bond acceptors (Lipinski definition) is 0. The molecule has 0 bridgehead atoms. The topological polar surface area (TPSA) is 0 Å². The predicted octanol–water partition coefficient (Wildman–Crippen LogP) is 6.82. The Labute approximate surface area is 145 Å². The first kappa shape index (κ1) is 15.2. The molecule has 0 heterocycles. The van der Waals surface area contributed by atoms with E-state index in [0.29, 0.717) is 0 Å². The average Bonchev–Trinajstić information content (AvgIpc) is 2.70. The molecule has 0 amide bonds. The van der Waals surface area contributed by atoms with Gasteiger partial charge in [-0.2, -0.15) is 0 Å². The molecule has 0 aromatic heterocycles. The van der Waals surface area contributed by atoms with Crippen LogP contribution in [0.3, 0.4) is 0 Å². The second-order valence-corrected chi connectivity index (χ2v) is 6.81. The fourth-order valence-corrected chi connectivity index (χ4v) is 3.94. The van der Waals surface area contributed by atoms with Crippen molar-refractivity contribution in [1.82, 2.24) is 0 Å². The molecule has 2 aliphatic rings. The largest absolute Gasteiger partial charge is 0.0766 e. The molecule has 0 fully saturated rings. The number of hydrogen-bond donors (Lipinski definition) is 0. The van der Waals surface area contributed by atoms with Crippen LogP contribution in [0.15, 0.2) is 84.0 Å². The van der Waals surface area contributed by atoms with E-state index in [1.807, 2.05) is 0 Å². The van der Waals surface area contributed by atoms with Gasteiger partial charge in [-0.15, -0.1) is 0 Å². The van der Waals surface area contributed by atoms with Gasteiger partial charge in [-0.1, -0.05) is 84.0 Å². The Kier molecular flexibility index (Phi) is 4.46. The minimum Gasteiger partial charge on any atom is -0.0766 e. The molecule has 0 saturated carbocycles. The lowest BCUT2D eigenvalue weighted by molar-refractivity contribution is 0.822. The Morgan fingerprint density at radius 2 is 0.875 bits per heavy atom. The molecule has 24 heavy (non-hydrogen) atoms. The molecular weight excluding hydrogens is 288 g/mol. The van der Waals surface area contributed by atoms with Gasteiger partial charge < -0.3 is 0 Å². The van der Waals surface area contributed by atoms with Crippen LogP contribution in [0.25, 0.3) is 11.1 Å². The zero-order chi connectivity index (χ0) is 16.2. The maximum Gasteiger partial charge on any atom is -0.0130 e. The first-order valence-corrected chi connectivity index (χ1v) is 9.09. The summed E-state index contributed by atoms with van der Waals surface area (Å²) in [5.74, 6) is 0. The van der Waals surface area contributed by atoms with Crippen LogP contribution in [0.2, 0.25) is 0 Å². The molecule has 0 N–H and O–H groups in total. The van der Waals surface area contributed by atoms with Crippen molar-refractivity contribution in [2.75, 3.05) is 0 Å². The third kappa shape index (κ3) is 3.28. The number of benzene rings is 2. The summed E-state index contributed by atoms with van der Waals surface area (Å²) in [6.45, 7) is 0. The van der Waals surface area contributed by atoms with E-state index in [-0.39, 0.29) is 0 Å². The van der Waals surface area contributed by atoms with Crippen molar-refractivity contribution in [2.24, 2.45) is 0 Å². The summed E-state index contributed by atoms with van der Waals surface area (Å²) in [5, 5.41) is 0. The van der Waals surface area contributed by atoms with Crippen LogP contribution in [0, 0.1) is 0 Å². The van der Waals surface area contributed by atoms with E-state index in [2.05, 4.69) is 72.8 Å². The Bertz CT molecular complexity index is 719. The van der Waals surface area contributed by atoms with Gasteiger partial charge in [0.2, 0.25) is 0 Å². The third-order valence-electron chi connectivity index (χ3n) is 5.37. The SMILES string of the molecule is C1=C(c2ccccc2)CC/C(=C2\CC=C(c3ccccc3)CC2)C1. The molecule has 2 aromatic rings. The summed E-state index contributed by atoms with van der Waals surface area (Å²) < 4.78 is 0. The van der Waals surface area contributed by atoms with Crippen molar-refractivity contribution in [3.8, 4) is 0 Å². The summed E-state index contributed by atoms with van der Waals surface area (Å²) in [5.41, 5.74) is 9.23. The normalized spacial score (nSPS) is 21.2. The van der Waals surface area contributed by atoms with Crippen molar-refractivity contribution < 1.29 is 0 Å². The van der Waals surface area contributed by atoms with E-state index in [1.54, 1.807) is 11.1 Å². The maximum atomic E-state index is 2.46. The van der Waals surface area contributed by atoms with Crippen LogP contribution >= 0.6 is 0 Å². The summed E-state index contributed by atoms with van der Waals surface area (Å²) >= 11 is 0. The van der Waals surface area contributed by atoms with E-state index in [4.69, 9.17) is 0 Å². The fraction of sp³-hybridized carbons (Fsp3) is 0.250. The number of rotatable bonds is 2. The van der Waals surface area contributed by atoms with Gasteiger partial charge in [-0.25, -0.2) is 0 Å². The molecule has 2 aromatic carbocycles. The van der Waals surface area contributed by atoms with Gasteiger partial charge in [0.05, 0.1) is 0 Å². The van der Waals surface area contributed by atoms with Gasteiger partial charge in [0.25, 0.3) is 0 Å². The Balaban J connectivity index is 1.48. The highest BCUT2D eigenvalue weighted by Gasteiger charge is 2.16. The molecular formula is C24H24. The van der Waals surface area contributed by atoms with Gasteiger partial charge >= 0.3 is 0 Å². The van der Waals surface area contributed by atoms with Crippen molar-refractivity contribution in [3.63, 3.8) is 0 Å². The monoisotopic (exact) mass is 312 g/mol. The Morgan fingerprint density at radius 3 is 1.21 bits per heavy atom. The highest BCUT2D eigenvalue weighted by molar-refractivity contribution is 5.69. The molecule has 0 atom stereocenters. The van der Waals surface area contributed by atoms with E-state index in [9.17, 15) is 0 Å². The third-order valence-corrected chi connectivity index (χ3v) is 5.37. The molecule has 2 aliphatic carbocycles. The van der Waals surface area contributed by atoms with E-state index in [0.717, 1.165) is 12.8 Å². The van der Waals surface area contributed by atoms with E-state index >= 15 is 0 Å². The van der Waals surface area contributed by atoms with Crippen LogP contribution in [0.4, 0.5) is 0 Å². The highest BCUT2D eigenvalue weighted by Crippen LogP contribution is 2.37. The van der Waals surface area contributed by atoms with Crippen molar-refractivity contribution in [2.45, 2.75) is 38.5 Å². The number of allylic oxidation sites excluding steroid dienone is 6. The lowest BCUT2D eigenvalue weighted by Gasteiger charge is -2.23. The van der Waals surface area contributed by atoms with Gasteiger partial charge in [0.1, 0.15) is 0 Å². The summed E-state index contributed by atoms with van der Waals surface area (Å²) in [7, 11) is 0. The summed E-state index contributed by atoms with van der Waals surface area (Å²) in [6.07, 6.45) is 12.1. The van der Waals surface area contributed by atoms with E-state index < -0.39 is 0 Å². The van der Waals surface area contributed by atoms with Crippen LogP contribution in [-0.4, -0.2) is 0 Å². The van der Waals surface area contributed by atoms with Crippen molar-refractivity contribution >= 4 is 11.1 Å². The quantitative estimate of drug-likeness (QED) is 0.534. The molecule has 0 saturated heterocycles. The molecule has 120 valence electrons. The molecule has 0 nitrogen and oxygen atoms in total. The second kappa shape index (κ2) is 7.05. The van der Waals surface area contributed by atoms with Gasteiger partial charge in [-0.05, 0) is 60.8 Å². The van der Waals surface area contributed by atoms with Crippen LogP contribution in [0.1, 0.15) is 49.7 Å². The standard InChI is InChI=1S/C24H24/c1-3-7-19(8-4-1)21-11-15-23(16-12-21)24-17-13-22(14-18-24)20-9-5-2-6-10-20/h1-11,13H,12,14-18H2/b24-23+. The zero-order valence-electron chi connectivity index (χ0n) is 14.2. The molecule has 0 heteroatoms. The zero-order valence-corrected chi connectivity index (χ0v) is 14.2. The second-order valence-electron chi connectivity index (χ2n) is 6.81. The summed E-state index contributed by atoms with van der Waals surface area (Å²) in [6, 6.07) is 21.7. The van der Waals surface area contributed by atoms with Crippen LogP contribution in [0.5, 0.6) is 0 Å². The smallest absolute Gasteiger partial charge is 0.0130 e. The first-order valence-electron chi connectivity index (χ1n) is 9.09. The van der Waals surface area contributed by atoms with Gasteiger partial charge in [0.15, 0.2) is 0 Å². The summed E-state index contributed by atoms with van der Waals surface area (Å²) in [4.78, 5) is 0. The Morgan fingerprint density at radius 1 is 0.458 bits per heavy atom. The predicted molar refractivity (Wildman–Crippen MR) is 104 cm³/mol. The lowest BCUT2D eigenvalue weighted by Crippen LogP contribution is -2.02. The molecule has 0 spiro atoms. The minimum absolute atomic E-state index is 1.15. The van der Waals surface area contributed by atoms with E-state index in [1.165, 1.54) is 48.0 Å². The maximum absolute atomic E-state index is 2.46. The van der Waals surface area contributed by atoms with Crippen molar-refractivity contribution in [3.05, 3.63) is 95.1 Å². The van der Waals surface area contributed by atoms with Crippen LogP contribution in [-0.2, 0) is 0 Å². The van der Waals surface area contributed by atoms with Gasteiger partial charge in [-0.3, -0.25) is 0 Å². The molecule has 0 radical (unpaired) electrons. The molecule has 4 rings (SSSR count). The fourth-order valence-electron chi connectivity index (χ4n) is 3.94. The minimum atomic E-state index is 1.15.